The third-order valence-corrected chi connectivity index (χ3v) is 3.31. The van der Waals surface area contributed by atoms with E-state index in [1.165, 1.54) is 0 Å². The molecule has 0 aliphatic carbocycles. The molecule has 2 heterocycles. The molecule has 0 atom stereocenters. The molecule has 0 spiro atoms. The minimum Gasteiger partial charge on any atom is -0.455 e. The summed E-state index contributed by atoms with van der Waals surface area (Å²) < 4.78 is 7.21. The molecule has 0 aliphatic rings. The minimum atomic E-state index is -0.341. The van der Waals surface area contributed by atoms with Crippen LogP contribution in [-0.4, -0.2) is 15.5 Å². The molecule has 0 saturated carbocycles. The summed E-state index contributed by atoms with van der Waals surface area (Å²) in [6, 6.07) is 19.1. The summed E-state index contributed by atoms with van der Waals surface area (Å²) in [5, 5.41) is 0. The van der Waals surface area contributed by atoms with Crippen LogP contribution in [0.4, 0.5) is 0 Å². The predicted molar refractivity (Wildman–Crippen MR) is 83.3 cm³/mol. The van der Waals surface area contributed by atoms with Crippen LogP contribution in [0.25, 0.3) is 0 Å². The third kappa shape index (κ3) is 3.41. The number of pyridine rings is 1. The van der Waals surface area contributed by atoms with E-state index in [9.17, 15) is 4.79 Å². The third-order valence-electron chi connectivity index (χ3n) is 3.31. The molecule has 3 aromatic rings. The number of carbonyl (C=O) groups is 1. The number of ether oxygens (including phenoxy) is 1. The molecule has 0 N–H and O–H groups in total. The van der Waals surface area contributed by atoms with Crippen LogP contribution < -0.4 is 0 Å². The lowest BCUT2D eigenvalue weighted by Crippen LogP contribution is -2.12. The molecule has 3 rings (SSSR count). The van der Waals surface area contributed by atoms with Gasteiger partial charge in [0.2, 0.25) is 0 Å². The molecule has 4 heteroatoms. The molecule has 1 aromatic carbocycles. The second kappa shape index (κ2) is 6.72. The van der Waals surface area contributed by atoms with E-state index in [2.05, 4.69) is 4.98 Å². The summed E-state index contributed by atoms with van der Waals surface area (Å²) in [4.78, 5) is 16.4. The van der Waals surface area contributed by atoms with E-state index < -0.39 is 0 Å². The average molecular weight is 292 g/mol. The zero-order valence-corrected chi connectivity index (χ0v) is 12.1. The monoisotopic (exact) mass is 292 g/mol. The van der Waals surface area contributed by atoms with Crippen LogP contribution in [0.3, 0.4) is 0 Å². The van der Waals surface area contributed by atoms with Gasteiger partial charge in [-0.25, -0.2) is 4.79 Å². The first-order valence-corrected chi connectivity index (χ1v) is 7.09. The van der Waals surface area contributed by atoms with Crippen molar-refractivity contribution >= 4 is 5.97 Å². The van der Waals surface area contributed by atoms with Crippen LogP contribution in [0.2, 0.25) is 0 Å². The molecular formula is C18H16N2O2. The van der Waals surface area contributed by atoms with E-state index in [0.29, 0.717) is 12.2 Å². The van der Waals surface area contributed by atoms with Gasteiger partial charge in [0, 0.05) is 18.9 Å². The van der Waals surface area contributed by atoms with Gasteiger partial charge in [-0.05, 0) is 29.8 Å². The van der Waals surface area contributed by atoms with Crippen molar-refractivity contribution in [2.75, 3.05) is 0 Å². The zero-order valence-electron chi connectivity index (χ0n) is 12.1. The van der Waals surface area contributed by atoms with Gasteiger partial charge in [0.05, 0.1) is 5.69 Å². The second-order valence-corrected chi connectivity index (χ2v) is 4.90. The largest absolute Gasteiger partial charge is 0.455 e. The standard InChI is InChI=1S/C18H16N2O2/c21-18(22-14-16-9-4-5-11-19-16)17-10-6-12-20(17)13-15-7-2-1-3-8-15/h1-12H,13-14H2. The van der Waals surface area contributed by atoms with Gasteiger partial charge in [-0.1, -0.05) is 36.4 Å². The highest BCUT2D eigenvalue weighted by Crippen LogP contribution is 2.10. The molecule has 4 nitrogen and oxygen atoms in total. The molecule has 110 valence electrons. The highest BCUT2D eigenvalue weighted by molar-refractivity contribution is 5.87. The van der Waals surface area contributed by atoms with Crippen molar-refractivity contribution in [1.82, 2.24) is 9.55 Å². The molecule has 22 heavy (non-hydrogen) atoms. The van der Waals surface area contributed by atoms with Crippen LogP contribution in [0.5, 0.6) is 0 Å². The Morgan fingerprint density at radius 3 is 2.59 bits per heavy atom. The fourth-order valence-corrected chi connectivity index (χ4v) is 2.21. The number of rotatable bonds is 5. The summed E-state index contributed by atoms with van der Waals surface area (Å²) in [6.45, 7) is 0.818. The second-order valence-electron chi connectivity index (χ2n) is 4.90. The molecular weight excluding hydrogens is 276 g/mol. The van der Waals surface area contributed by atoms with E-state index in [4.69, 9.17) is 4.74 Å². The number of nitrogens with zero attached hydrogens (tertiary/aromatic N) is 2. The predicted octanol–water partition coefficient (Wildman–Crippen LogP) is 3.29. The molecule has 0 radical (unpaired) electrons. The quantitative estimate of drug-likeness (QED) is 0.678. The van der Waals surface area contributed by atoms with Crippen LogP contribution in [0.1, 0.15) is 21.7 Å². The van der Waals surface area contributed by atoms with Crippen molar-refractivity contribution in [3.05, 3.63) is 90.0 Å². The van der Waals surface area contributed by atoms with E-state index in [0.717, 1.165) is 11.3 Å². The Hall–Kier alpha value is -2.88. The number of hydrogen-bond donors (Lipinski definition) is 0. The lowest BCUT2D eigenvalue weighted by Gasteiger charge is -2.09. The summed E-state index contributed by atoms with van der Waals surface area (Å²) in [7, 11) is 0. The van der Waals surface area contributed by atoms with Crippen molar-refractivity contribution in [3.63, 3.8) is 0 Å². The fourth-order valence-electron chi connectivity index (χ4n) is 2.21. The Balaban J connectivity index is 1.67. The number of esters is 1. The Morgan fingerprint density at radius 1 is 1.00 bits per heavy atom. The Labute approximate surface area is 129 Å². The Bertz CT molecular complexity index is 736. The maximum absolute atomic E-state index is 12.2. The topological polar surface area (TPSA) is 44.1 Å². The lowest BCUT2D eigenvalue weighted by atomic mass is 10.2. The maximum Gasteiger partial charge on any atom is 0.355 e. The summed E-state index contributed by atoms with van der Waals surface area (Å²) >= 11 is 0. The van der Waals surface area contributed by atoms with E-state index >= 15 is 0 Å². The van der Waals surface area contributed by atoms with E-state index in [1.54, 1.807) is 12.3 Å². The van der Waals surface area contributed by atoms with Crippen molar-refractivity contribution < 1.29 is 9.53 Å². The van der Waals surface area contributed by atoms with Gasteiger partial charge >= 0.3 is 5.97 Å². The van der Waals surface area contributed by atoms with Gasteiger partial charge in [0.25, 0.3) is 0 Å². The first-order chi connectivity index (χ1) is 10.8. The van der Waals surface area contributed by atoms with Crippen molar-refractivity contribution in [3.8, 4) is 0 Å². The fraction of sp³-hybridized carbons (Fsp3) is 0.111. The highest BCUT2D eigenvalue weighted by Gasteiger charge is 2.12. The molecule has 0 amide bonds. The SMILES string of the molecule is O=C(OCc1ccccn1)c1cccn1Cc1ccccc1. The van der Waals surface area contributed by atoms with Crippen LogP contribution in [-0.2, 0) is 17.9 Å². The Kier molecular flexibility index (Phi) is 4.30. The van der Waals surface area contributed by atoms with Gasteiger partial charge in [-0.15, -0.1) is 0 Å². The van der Waals surface area contributed by atoms with E-state index in [-0.39, 0.29) is 12.6 Å². The average Bonchev–Trinajstić information content (AvgIpc) is 3.03. The summed E-state index contributed by atoms with van der Waals surface area (Å²) in [5.41, 5.74) is 2.41. The molecule has 0 bridgehead atoms. The minimum absolute atomic E-state index is 0.177. The number of carbonyl (C=O) groups excluding carboxylic acids is 1. The molecule has 0 aliphatic heterocycles. The number of hydrogen-bond acceptors (Lipinski definition) is 3. The van der Waals surface area contributed by atoms with E-state index in [1.807, 2.05) is 65.4 Å². The molecule has 0 unspecified atom stereocenters. The zero-order chi connectivity index (χ0) is 15.2. The van der Waals surface area contributed by atoms with Crippen LogP contribution in [0, 0.1) is 0 Å². The molecule has 2 aromatic heterocycles. The number of benzene rings is 1. The molecule has 0 saturated heterocycles. The van der Waals surface area contributed by atoms with Gasteiger partial charge in [-0.2, -0.15) is 0 Å². The molecule has 0 fully saturated rings. The van der Waals surface area contributed by atoms with Gasteiger partial charge in [0.1, 0.15) is 12.3 Å². The van der Waals surface area contributed by atoms with Crippen molar-refractivity contribution in [2.45, 2.75) is 13.2 Å². The first kappa shape index (κ1) is 14.1. The van der Waals surface area contributed by atoms with Crippen LogP contribution in [0.15, 0.2) is 73.1 Å². The summed E-state index contributed by atoms with van der Waals surface area (Å²) in [6.07, 6.45) is 3.56. The van der Waals surface area contributed by atoms with Gasteiger partial charge < -0.3 is 9.30 Å². The first-order valence-electron chi connectivity index (χ1n) is 7.09. The van der Waals surface area contributed by atoms with Crippen LogP contribution >= 0.6 is 0 Å². The van der Waals surface area contributed by atoms with Crippen molar-refractivity contribution in [2.24, 2.45) is 0 Å². The Morgan fingerprint density at radius 2 is 1.82 bits per heavy atom. The lowest BCUT2D eigenvalue weighted by molar-refractivity contribution is 0.0455. The van der Waals surface area contributed by atoms with Crippen molar-refractivity contribution in [1.29, 1.82) is 0 Å². The maximum atomic E-state index is 12.2. The summed E-state index contributed by atoms with van der Waals surface area (Å²) in [5.74, 6) is -0.341. The van der Waals surface area contributed by atoms with Gasteiger partial charge in [-0.3, -0.25) is 4.98 Å². The smallest absolute Gasteiger partial charge is 0.355 e. The number of aromatic nitrogens is 2. The van der Waals surface area contributed by atoms with Gasteiger partial charge in [0.15, 0.2) is 0 Å². The normalized spacial score (nSPS) is 10.4. The highest BCUT2D eigenvalue weighted by atomic mass is 16.5.